The molecule has 0 atom stereocenters. The summed E-state index contributed by atoms with van der Waals surface area (Å²) < 4.78 is 45.1. The van der Waals surface area contributed by atoms with E-state index < -0.39 is 23.1 Å². The predicted octanol–water partition coefficient (Wildman–Crippen LogP) is 6.41. The first-order valence-corrected chi connectivity index (χ1v) is 13.2. The highest BCUT2D eigenvalue weighted by Crippen LogP contribution is 2.60. The Morgan fingerprint density at radius 2 is 1.78 bits per heavy atom. The Hall–Kier alpha value is -2.59. The molecule has 2 amide bonds. The molecular weight excluding hydrogens is 509 g/mol. The minimum absolute atomic E-state index is 0.121. The van der Waals surface area contributed by atoms with Gasteiger partial charge in [-0.3, -0.25) is 15.0 Å². The summed E-state index contributed by atoms with van der Waals surface area (Å²) in [6.45, 7) is 0. The van der Waals surface area contributed by atoms with Gasteiger partial charge in [0.05, 0.1) is 15.9 Å². The Kier molecular flexibility index (Phi) is 5.60. The van der Waals surface area contributed by atoms with Gasteiger partial charge in [-0.1, -0.05) is 23.9 Å². The Morgan fingerprint density at radius 1 is 1.11 bits per heavy atom. The topological polar surface area (TPSA) is 62.6 Å². The Bertz CT molecular complexity index is 1260. The van der Waals surface area contributed by atoms with Gasteiger partial charge < -0.3 is 4.42 Å². The van der Waals surface area contributed by atoms with Gasteiger partial charge in [-0.2, -0.15) is 18.2 Å². The molecule has 5 fully saturated rings. The number of hydrogen-bond donors (Lipinski definition) is 1. The number of amides is 2. The second kappa shape index (κ2) is 8.48. The standard InChI is InChI=1S/C26H23F3N2O3S2/c27-26(28,29)18-3-1-2-17(9-18)20-5-4-19(34-20)10-21-22(32)31(24(35)36-21)30-23(33)25-11-14-6-15(12-25)8-16(7-14)13-25/h1-5,9-10,14-16H,6-8,11-13H2,(H,30,33)/b21-10+. The van der Waals surface area contributed by atoms with Crippen molar-refractivity contribution >= 4 is 46.2 Å². The summed E-state index contributed by atoms with van der Waals surface area (Å²) in [5.74, 6) is 1.77. The van der Waals surface area contributed by atoms with Crippen molar-refractivity contribution in [1.82, 2.24) is 10.4 Å². The minimum Gasteiger partial charge on any atom is -0.457 e. The molecule has 7 rings (SSSR count). The van der Waals surface area contributed by atoms with Crippen LogP contribution in [0.2, 0.25) is 0 Å². The van der Waals surface area contributed by atoms with E-state index in [9.17, 15) is 22.8 Å². The molecule has 1 N–H and O–H groups in total. The molecule has 0 spiro atoms. The van der Waals surface area contributed by atoms with E-state index in [1.807, 2.05) is 0 Å². The van der Waals surface area contributed by atoms with Crippen LogP contribution in [0.3, 0.4) is 0 Å². The summed E-state index contributed by atoms with van der Waals surface area (Å²) >= 11 is 6.43. The van der Waals surface area contributed by atoms with Gasteiger partial charge in [-0.05, 0) is 92.8 Å². The van der Waals surface area contributed by atoms with Crippen LogP contribution in [0.4, 0.5) is 13.2 Å². The maximum atomic E-state index is 13.4. The third-order valence-corrected chi connectivity index (χ3v) is 9.20. The third-order valence-electron chi connectivity index (χ3n) is 7.90. The van der Waals surface area contributed by atoms with Crippen LogP contribution < -0.4 is 5.43 Å². The quantitative estimate of drug-likeness (QED) is 0.364. The number of nitrogens with zero attached hydrogens (tertiary/aromatic N) is 1. The normalized spacial score (nSPS) is 30.5. The highest BCUT2D eigenvalue weighted by molar-refractivity contribution is 8.26. The van der Waals surface area contributed by atoms with E-state index in [1.165, 1.54) is 37.5 Å². The maximum absolute atomic E-state index is 13.4. The number of thiocarbonyl (C=S) groups is 1. The van der Waals surface area contributed by atoms with Crippen LogP contribution in [0.25, 0.3) is 17.4 Å². The number of furan rings is 1. The van der Waals surface area contributed by atoms with Crippen LogP contribution in [0, 0.1) is 23.2 Å². The van der Waals surface area contributed by atoms with Crippen LogP contribution in [0.1, 0.15) is 49.8 Å². The van der Waals surface area contributed by atoms with Gasteiger partial charge in [-0.15, -0.1) is 0 Å². The molecule has 1 aromatic carbocycles. The second-order valence-electron chi connectivity index (χ2n) is 10.4. The number of carbonyl (C=O) groups is 2. The lowest BCUT2D eigenvalue weighted by Crippen LogP contribution is -2.57. The molecule has 2 aromatic rings. The molecule has 1 saturated heterocycles. The summed E-state index contributed by atoms with van der Waals surface area (Å²) in [5.41, 5.74) is 1.90. The number of hydrazine groups is 1. The van der Waals surface area contributed by atoms with Crippen LogP contribution in [0.15, 0.2) is 45.7 Å². The molecular formula is C26H23F3N2O3S2. The molecule has 0 radical (unpaired) electrons. The molecule has 5 aliphatic rings. The van der Waals surface area contributed by atoms with Gasteiger partial charge in [0.1, 0.15) is 11.5 Å². The van der Waals surface area contributed by atoms with E-state index in [1.54, 1.807) is 12.1 Å². The van der Waals surface area contributed by atoms with Crippen LogP contribution in [0.5, 0.6) is 0 Å². The fourth-order valence-electron chi connectivity index (χ4n) is 6.74. The van der Waals surface area contributed by atoms with Crippen molar-refractivity contribution in [3.63, 3.8) is 0 Å². The molecule has 2 heterocycles. The lowest BCUT2D eigenvalue weighted by Gasteiger charge is -2.55. The number of rotatable bonds is 4. The highest BCUT2D eigenvalue weighted by atomic mass is 32.2. The summed E-state index contributed by atoms with van der Waals surface area (Å²) in [5, 5.41) is 1.14. The van der Waals surface area contributed by atoms with E-state index in [2.05, 4.69) is 5.43 Å². The van der Waals surface area contributed by atoms with Crippen LogP contribution in [-0.4, -0.2) is 21.1 Å². The fourth-order valence-corrected chi connectivity index (χ4v) is 7.90. The highest BCUT2D eigenvalue weighted by Gasteiger charge is 2.55. The monoisotopic (exact) mass is 532 g/mol. The van der Waals surface area contributed by atoms with Gasteiger partial charge >= 0.3 is 6.18 Å². The molecule has 188 valence electrons. The first kappa shape index (κ1) is 23.8. The zero-order valence-corrected chi connectivity index (χ0v) is 20.8. The van der Waals surface area contributed by atoms with Crippen molar-refractivity contribution in [2.24, 2.45) is 23.2 Å². The van der Waals surface area contributed by atoms with Gasteiger partial charge in [0, 0.05) is 11.6 Å². The van der Waals surface area contributed by atoms with E-state index in [0.29, 0.717) is 23.5 Å². The van der Waals surface area contributed by atoms with Crippen molar-refractivity contribution < 1.29 is 27.2 Å². The van der Waals surface area contributed by atoms with E-state index >= 15 is 0 Å². The van der Waals surface area contributed by atoms with Crippen molar-refractivity contribution in [3.8, 4) is 11.3 Å². The first-order chi connectivity index (χ1) is 17.1. The second-order valence-corrected chi connectivity index (χ2v) is 12.1. The first-order valence-electron chi connectivity index (χ1n) is 12.0. The van der Waals surface area contributed by atoms with Crippen molar-refractivity contribution in [3.05, 3.63) is 52.6 Å². The predicted molar refractivity (Wildman–Crippen MR) is 133 cm³/mol. The van der Waals surface area contributed by atoms with Gasteiger partial charge in [0.2, 0.25) is 5.91 Å². The van der Waals surface area contributed by atoms with E-state index in [0.717, 1.165) is 48.2 Å². The van der Waals surface area contributed by atoms with Gasteiger partial charge in [-0.25, -0.2) is 0 Å². The number of thioether (sulfide) groups is 1. The van der Waals surface area contributed by atoms with Crippen LogP contribution >= 0.6 is 24.0 Å². The zero-order chi connectivity index (χ0) is 25.2. The number of benzene rings is 1. The summed E-state index contributed by atoms with van der Waals surface area (Å²) in [6, 6.07) is 7.99. The largest absolute Gasteiger partial charge is 0.457 e. The number of halogens is 3. The number of carbonyl (C=O) groups excluding carboxylic acids is 2. The summed E-state index contributed by atoms with van der Waals surface area (Å²) in [7, 11) is 0. The SMILES string of the molecule is O=C1/C(=C\c2ccc(-c3cccc(C(F)(F)F)c3)o2)SC(=S)N1NC(=O)C12CC3CC(CC(C3)C1)C2. The Balaban J connectivity index is 1.18. The van der Waals surface area contributed by atoms with Crippen molar-refractivity contribution in [2.75, 3.05) is 0 Å². The van der Waals surface area contributed by atoms with Crippen molar-refractivity contribution in [2.45, 2.75) is 44.7 Å². The lowest BCUT2D eigenvalue weighted by molar-refractivity contribution is -0.152. The minimum atomic E-state index is -4.46. The Labute approximate surface area is 215 Å². The van der Waals surface area contributed by atoms with E-state index in [-0.39, 0.29) is 26.5 Å². The summed E-state index contributed by atoms with van der Waals surface area (Å²) in [6.07, 6.45) is 3.29. The average molecular weight is 533 g/mol. The third kappa shape index (κ3) is 4.18. The number of alkyl halides is 3. The number of hydrogen-bond acceptors (Lipinski definition) is 5. The number of nitrogens with one attached hydrogen (secondary N) is 1. The Morgan fingerprint density at radius 3 is 2.42 bits per heavy atom. The molecule has 5 nitrogen and oxygen atoms in total. The molecule has 1 aromatic heterocycles. The molecule has 4 aliphatic carbocycles. The summed E-state index contributed by atoms with van der Waals surface area (Å²) in [4.78, 5) is 26.7. The molecule has 36 heavy (non-hydrogen) atoms. The smallest absolute Gasteiger partial charge is 0.416 e. The fraction of sp³-hybridized carbons (Fsp3) is 0.423. The van der Waals surface area contributed by atoms with Crippen molar-refractivity contribution in [1.29, 1.82) is 0 Å². The van der Waals surface area contributed by atoms with Crippen LogP contribution in [-0.2, 0) is 15.8 Å². The molecule has 10 heteroatoms. The molecule has 4 saturated carbocycles. The zero-order valence-electron chi connectivity index (χ0n) is 19.1. The van der Waals surface area contributed by atoms with Gasteiger partial charge in [0.15, 0.2) is 4.32 Å². The van der Waals surface area contributed by atoms with E-state index in [4.69, 9.17) is 16.6 Å². The average Bonchev–Trinajstić information content (AvgIpc) is 3.38. The van der Waals surface area contributed by atoms with Gasteiger partial charge in [0.25, 0.3) is 5.91 Å². The maximum Gasteiger partial charge on any atom is 0.416 e. The molecule has 4 bridgehead atoms. The molecule has 0 unspecified atom stereocenters. The lowest BCUT2D eigenvalue weighted by atomic mass is 9.49. The molecule has 1 aliphatic heterocycles.